The van der Waals surface area contributed by atoms with Gasteiger partial charge in [0.25, 0.3) is 0 Å². The molecule has 1 aromatic heterocycles. The van der Waals surface area contributed by atoms with E-state index in [0.717, 1.165) is 50.3 Å². The second kappa shape index (κ2) is 5.39. The summed E-state index contributed by atoms with van der Waals surface area (Å²) in [4.78, 5) is 4.55. The number of nitrogens with two attached hydrogens (primary N) is 1. The highest BCUT2D eigenvalue weighted by atomic mass is 16.5. The van der Waals surface area contributed by atoms with Crippen LogP contribution in [0.3, 0.4) is 0 Å². The minimum Gasteiger partial charge on any atom is -0.339 e. The Morgan fingerprint density at radius 2 is 2.11 bits per heavy atom. The average Bonchev–Trinajstić information content (AvgIpc) is 2.84. The van der Waals surface area contributed by atoms with Gasteiger partial charge in [-0.05, 0) is 38.0 Å². The summed E-state index contributed by atoms with van der Waals surface area (Å²) >= 11 is 0. The number of rotatable bonds is 4. The molecule has 2 N–H and O–H groups in total. The summed E-state index contributed by atoms with van der Waals surface area (Å²) in [6, 6.07) is 0. The minimum atomic E-state index is -0.361. The van der Waals surface area contributed by atoms with Crippen molar-refractivity contribution in [3.05, 3.63) is 11.7 Å². The Bertz CT molecular complexity index is 380. The molecule has 102 valence electrons. The largest absolute Gasteiger partial charge is 0.339 e. The van der Waals surface area contributed by atoms with Crippen LogP contribution >= 0.6 is 0 Å². The summed E-state index contributed by atoms with van der Waals surface area (Å²) in [6.07, 6.45) is 6.46. The van der Waals surface area contributed by atoms with Crippen LogP contribution in [0.15, 0.2) is 4.52 Å². The van der Waals surface area contributed by atoms with Crippen LogP contribution in [0.25, 0.3) is 0 Å². The lowest BCUT2D eigenvalue weighted by Gasteiger charge is -2.33. The van der Waals surface area contributed by atoms with Crippen LogP contribution in [0, 0.1) is 5.92 Å². The first-order chi connectivity index (χ1) is 8.55. The maximum absolute atomic E-state index is 6.45. The second-order valence-corrected chi connectivity index (χ2v) is 5.98. The van der Waals surface area contributed by atoms with E-state index >= 15 is 0 Å². The number of hydrogen-bond donors (Lipinski definition) is 1. The highest BCUT2D eigenvalue weighted by Gasteiger charge is 2.36. The van der Waals surface area contributed by atoms with E-state index in [9.17, 15) is 0 Å². The van der Waals surface area contributed by atoms with Gasteiger partial charge in [0.05, 0.1) is 5.54 Å². The molecule has 1 unspecified atom stereocenters. The maximum atomic E-state index is 6.45. The second-order valence-electron chi connectivity index (χ2n) is 5.98. The van der Waals surface area contributed by atoms with Crippen LogP contribution in [0.4, 0.5) is 0 Å². The Morgan fingerprint density at radius 3 is 2.72 bits per heavy atom. The monoisotopic (exact) mass is 251 g/mol. The van der Waals surface area contributed by atoms with Gasteiger partial charge in [-0.1, -0.05) is 32.3 Å². The van der Waals surface area contributed by atoms with Crippen molar-refractivity contribution in [3.8, 4) is 0 Å². The van der Waals surface area contributed by atoms with Crippen LogP contribution in [0.2, 0.25) is 0 Å². The van der Waals surface area contributed by atoms with Gasteiger partial charge >= 0.3 is 0 Å². The van der Waals surface area contributed by atoms with Gasteiger partial charge in [0.1, 0.15) is 0 Å². The molecule has 1 atom stereocenters. The molecule has 1 saturated carbocycles. The number of aromatic nitrogens is 2. The predicted octanol–water partition coefficient (Wildman–Crippen LogP) is 3.34. The molecule has 0 bridgehead atoms. The first kappa shape index (κ1) is 13.5. The molecule has 1 heterocycles. The van der Waals surface area contributed by atoms with Gasteiger partial charge in [-0.3, -0.25) is 0 Å². The van der Waals surface area contributed by atoms with Crippen LogP contribution < -0.4 is 5.73 Å². The zero-order valence-corrected chi connectivity index (χ0v) is 11.8. The van der Waals surface area contributed by atoms with Crippen molar-refractivity contribution in [3.63, 3.8) is 0 Å². The molecule has 0 amide bonds. The molecule has 4 heteroatoms. The van der Waals surface area contributed by atoms with Gasteiger partial charge in [0.15, 0.2) is 5.82 Å². The van der Waals surface area contributed by atoms with Crippen molar-refractivity contribution in [1.82, 2.24) is 10.1 Å². The summed E-state index contributed by atoms with van der Waals surface area (Å²) in [6.45, 7) is 6.58. The first-order valence-electron chi connectivity index (χ1n) is 7.18. The fraction of sp³-hybridized carbons (Fsp3) is 0.857. The average molecular weight is 251 g/mol. The van der Waals surface area contributed by atoms with Gasteiger partial charge < -0.3 is 10.3 Å². The number of nitrogens with zero attached hydrogens (tertiary/aromatic N) is 2. The van der Waals surface area contributed by atoms with E-state index in [4.69, 9.17) is 10.3 Å². The van der Waals surface area contributed by atoms with E-state index in [-0.39, 0.29) is 5.54 Å². The van der Waals surface area contributed by atoms with Crippen LogP contribution in [-0.4, -0.2) is 10.1 Å². The Morgan fingerprint density at radius 1 is 1.44 bits per heavy atom. The summed E-state index contributed by atoms with van der Waals surface area (Å²) in [7, 11) is 0. The molecule has 1 aromatic rings. The van der Waals surface area contributed by atoms with E-state index < -0.39 is 0 Å². The van der Waals surface area contributed by atoms with Gasteiger partial charge in [-0.25, -0.2) is 0 Å². The zero-order chi connectivity index (χ0) is 13.2. The fourth-order valence-electron chi connectivity index (χ4n) is 2.69. The standard InChI is InChI=1S/C14H25N3O/c1-4-5-11(3)12-16-13(17-18-12)14(15)8-6-10(2)7-9-14/h10-11H,4-9,15H2,1-3H3. The Labute approximate surface area is 109 Å². The lowest BCUT2D eigenvalue weighted by Crippen LogP contribution is -2.41. The normalized spacial score (nSPS) is 30.3. The smallest absolute Gasteiger partial charge is 0.229 e. The summed E-state index contributed by atoms with van der Waals surface area (Å²) in [5, 5.41) is 4.13. The highest BCUT2D eigenvalue weighted by Crippen LogP contribution is 2.36. The molecule has 4 nitrogen and oxygen atoms in total. The molecule has 0 aromatic carbocycles. The third kappa shape index (κ3) is 2.74. The van der Waals surface area contributed by atoms with Crippen molar-refractivity contribution < 1.29 is 4.52 Å². The molecule has 0 radical (unpaired) electrons. The maximum Gasteiger partial charge on any atom is 0.229 e. The first-order valence-corrected chi connectivity index (χ1v) is 7.18. The Kier molecular flexibility index (Phi) is 4.05. The van der Waals surface area contributed by atoms with E-state index in [0.29, 0.717) is 11.7 Å². The SMILES string of the molecule is CCCC(C)c1nc(C2(N)CCC(C)CC2)no1. The quantitative estimate of drug-likeness (QED) is 0.891. The molecule has 1 aliphatic carbocycles. The van der Waals surface area contributed by atoms with Crippen molar-refractivity contribution in [2.75, 3.05) is 0 Å². The van der Waals surface area contributed by atoms with E-state index in [1.807, 2.05) is 0 Å². The van der Waals surface area contributed by atoms with Gasteiger partial charge in [-0.15, -0.1) is 0 Å². The predicted molar refractivity (Wildman–Crippen MR) is 71.1 cm³/mol. The van der Waals surface area contributed by atoms with Crippen molar-refractivity contribution in [2.45, 2.75) is 70.8 Å². The fourth-order valence-corrected chi connectivity index (χ4v) is 2.69. The minimum absolute atomic E-state index is 0.336. The molecule has 0 aliphatic heterocycles. The van der Waals surface area contributed by atoms with Crippen LogP contribution in [-0.2, 0) is 5.54 Å². The molecule has 0 spiro atoms. The lowest BCUT2D eigenvalue weighted by molar-refractivity contribution is 0.229. The topological polar surface area (TPSA) is 64.9 Å². The van der Waals surface area contributed by atoms with Crippen LogP contribution in [0.1, 0.15) is 76.9 Å². The molecule has 1 fully saturated rings. The highest BCUT2D eigenvalue weighted by molar-refractivity contribution is 5.07. The van der Waals surface area contributed by atoms with Crippen LogP contribution in [0.5, 0.6) is 0 Å². The van der Waals surface area contributed by atoms with E-state index in [1.54, 1.807) is 0 Å². The Balaban J connectivity index is 2.09. The van der Waals surface area contributed by atoms with Crippen molar-refractivity contribution in [1.29, 1.82) is 0 Å². The summed E-state index contributed by atoms with van der Waals surface area (Å²) in [5.41, 5.74) is 6.08. The van der Waals surface area contributed by atoms with Crippen molar-refractivity contribution >= 4 is 0 Å². The van der Waals surface area contributed by atoms with E-state index in [2.05, 4.69) is 30.9 Å². The molecule has 0 saturated heterocycles. The molecular weight excluding hydrogens is 226 g/mol. The van der Waals surface area contributed by atoms with Gasteiger partial charge in [0, 0.05) is 5.92 Å². The molecule has 2 rings (SSSR count). The third-order valence-electron chi connectivity index (χ3n) is 4.20. The summed E-state index contributed by atoms with van der Waals surface area (Å²) < 4.78 is 5.38. The lowest BCUT2D eigenvalue weighted by atomic mass is 9.77. The molecule has 18 heavy (non-hydrogen) atoms. The molecular formula is C14H25N3O. The summed E-state index contributed by atoms with van der Waals surface area (Å²) in [5.74, 6) is 2.57. The number of hydrogen-bond acceptors (Lipinski definition) is 4. The van der Waals surface area contributed by atoms with E-state index in [1.165, 1.54) is 0 Å². The zero-order valence-electron chi connectivity index (χ0n) is 11.8. The molecule has 1 aliphatic rings. The Hall–Kier alpha value is -0.900. The third-order valence-corrected chi connectivity index (χ3v) is 4.20. The van der Waals surface area contributed by atoms with Gasteiger partial charge in [-0.2, -0.15) is 4.98 Å². The van der Waals surface area contributed by atoms with Crippen molar-refractivity contribution in [2.24, 2.45) is 11.7 Å². The van der Waals surface area contributed by atoms with Gasteiger partial charge in [0.2, 0.25) is 5.89 Å².